The van der Waals surface area contributed by atoms with Gasteiger partial charge in [-0.15, -0.1) is 69.1 Å². The first kappa shape index (κ1) is 35.6. The molecule has 7 rings (SSSR count). The van der Waals surface area contributed by atoms with Gasteiger partial charge in [0.15, 0.2) is 0 Å². The maximum Gasteiger partial charge on any atom is 4.00 e. The van der Waals surface area contributed by atoms with Crippen LogP contribution < -0.4 is 5.19 Å². The van der Waals surface area contributed by atoms with Gasteiger partial charge in [0.2, 0.25) is 0 Å². The molecule has 0 atom stereocenters. The summed E-state index contributed by atoms with van der Waals surface area (Å²) in [6.07, 6.45) is 0. The fourth-order valence-corrected chi connectivity index (χ4v) is 5.64. The van der Waals surface area contributed by atoms with E-state index >= 15 is 0 Å². The van der Waals surface area contributed by atoms with E-state index < -0.39 is 0 Å². The van der Waals surface area contributed by atoms with Crippen molar-refractivity contribution in [3.8, 4) is 22.3 Å². The topological polar surface area (TPSA) is 0 Å². The van der Waals surface area contributed by atoms with Gasteiger partial charge in [-0.05, 0) is 11.1 Å². The molecule has 2 heteroatoms. The maximum atomic E-state index is 2.26. The Balaban J connectivity index is 0.000000229. The number of fused-ring (bicyclic) bond motifs is 2. The number of aryl methyl sites for hydroxylation is 2. The average Bonchev–Trinajstić information content (AvgIpc) is 3.59. The minimum Gasteiger partial charge on any atom is -0.358 e. The molecule has 0 saturated heterocycles. The molecular formula is C41H40SiZr. The third kappa shape index (κ3) is 9.20. The predicted octanol–water partition coefficient (Wildman–Crippen LogP) is 11.0. The Hall–Kier alpha value is -3.58. The first-order valence-electron chi connectivity index (χ1n) is 13.8. The van der Waals surface area contributed by atoms with Gasteiger partial charge in [-0.3, -0.25) is 0 Å². The molecule has 0 amide bonds. The molecule has 0 N–H and O–H groups in total. The van der Waals surface area contributed by atoms with E-state index in [1.165, 1.54) is 60.1 Å². The maximum absolute atomic E-state index is 2.26. The van der Waals surface area contributed by atoms with E-state index in [0.29, 0.717) is 0 Å². The van der Waals surface area contributed by atoms with Gasteiger partial charge in [-0.2, -0.15) is 12.1 Å². The van der Waals surface area contributed by atoms with Gasteiger partial charge in [0.25, 0.3) is 0 Å². The smallest absolute Gasteiger partial charge is 0.358 e. The molecule has 0 aliphatic heterocycles. The second-order valence-corrected chi connectivity index (χ2v) is 11.1. The zero-order chi connectivity index (χ0) is 27.7. The number of rotatable bonds is 3. The molecule has 0 spiro atoms. The third-order valence-corrected chi connectivity index (χ3v) is 7.93. The minimum atomic E-state index is 0. The van der Waals surface area contributed by atoms with Gasteiger partial charge in [0.1, 0.15) is 0 Å². The molecule has 2 radical (unpaired) electrons. The fourth-order valence-electron chi connectivity index (χ4n) is 5.11. The molecule has 0 fully saturated rings. The Morgan fingerprint density at radius 3 is 1.19 bits per heavy atom. The number of benzene rings is 5. The Labute approximate surface area is 281 Å². The van der Waals surface area contributed by atoms with E-state index in [1.54, 1.807) is 0 Å². The third-order valence-electron chi connectivity index (χ3n) is 7.02. The minimum absolute atomic E-state index is 0. The zero-order valence-corrected chi connectivity index (χ0v) is 29.4. The first-order chi connectivity index (χ1) is 19.6. The molecule has 0 bridgehead atoms. The standard InChI is InChI=1S/2C16H13.C7H8Si.2CH3.Zr/c2*1-12-10-14-8-5-9-15(16(14)11-12)13-6-3-2-4-7-13;1-8-7-5-3-2-4-6-7;;;/h2*2-11H,1H3;2-6H,1H3;2*1H3;/q2*-1;;2*-1;+4. The number of hydrogen-bond donors (Lipinski definition) is 0. The molecule has 43 heavy (non-hydrogen) atoms. The van der Waals surface area contributed by atoms with E-state index in [9.17, 15) is 0 Å². The molecule has 0 aliphatic rings. The van der Waals surface area contributed by atoms with Gasteiger partial charge in [-0.25, -0.2) is 0 Å². The van der Waals surface area contributed by atoms with Crippen LogP contribution >= 0.6 is 0 Å². The van der Waals surface area contributed by atoms with Crippen LogP contribution in [0.2, 0.25) is 6.55 Å². The van der Waals surface area contributed by atoms with E-state index in [2.05, 4.69) is 166 Å². The quantitative estimate of drug-likeness (QED) is 0.132. The van der Waals surface area contributed by atoms with Crippen molar-refractivity contribution in [2.24, 2.45) is 0 Å². The van der Waals surface area contributed by atoms with Gasteiger partial charge >= 0.3 is 26.2 Å². The van der Waals surface area contributed by atoms with Crippen molar-refractivity contribution in [3.63, 3.8) is 0 Å². The van der Waals surface area contributed by atoms with E-state index in [4.69, 9.17) is 0 Å². The van der Waals surface area contributed by atoms with Crippen LogP contribution in [0, 0.1) is 28.7 Å². The van der Waals surface area contributed by atoms with Crippen molar-refractivity contribution in [2.75, 3.05) is 0 Å². The second-order valence-electron chi connectivity index (χ2n) is 10.0. The molecule has 7 aromatic carbocycles. The van der Waals surface area contributed by atoms with Crippen LogP contribution in [0.4, 0.5) is 0 Å². The summed E-state index contributed by atoms with van der Waals surface area (Å²) in [7, 11) is 0.930. The van der Waals surface area contributed by atoms with Gasteiger partial charge < -0.3 is 14.9 Å². The largest absolute Gasteiger partial charge is 4.00 e. The molecule has 0 heterocycles. The Morgan fingerprint density at radius 1 is 0.465 bits per heavy atom. The van der Waals surface area contributed by atoms with Gasteiger partial charge in [0.05, 0.1) is 9.52 Å². The van der Waals surface area contributed by atoms with Crippen molar-refractivity contribution in [3.05, 3.63) is 178 Å². The molecule has 0 unspecified atom stereocenters. The number of hydrogen-bond acceptors (Lipinski definition) is 0. The van der Waals surface area contributed by atoms with Crippen molar-refractivity contribution in [1.29, 1.82) is 0 Å². The predicted molar refractivity (Wildman–Crippen MR) is 190 cm³/mol. The Kier molecular flexibility index (Phi) is 14.5. The van der Waals surface area contributed by atoms with Gasteiger partial charge in [-0.1, -0.05) is 140 Å². The van der Waals surface area contributed by atoms with Crippen LogP contribution in [0.15, 0.2) is 152 Å². The SMILES string of the molecule is C[Si]c1ccccc1.Cc1cc2c(-c3ccccc3)cccc2[cH-]1.Cc1cc2c(-c3ccccc3)cccc2[cH-]1.[CH3-].[CH3-].[Zr+4]. The van der Waals surface area contributed by atoms with Crippen molar-refractivity contribution in [2.45, 2.75) is 20.4 Å². The van der Waals surface area contributed by atoms with E-state index in [0.717, 1.165) is 9.52 Å². The van der Waals surface area contributed by atoms with Crippen LogP contribution in [0.25, 0.3) is 43.8 Å². The summed E-state index contributed by atoms with van der Waals surface area (Å²) < 4.78 is 0. The molecule has 0 aliphatic carbocycles. The van der Waals surface area contributed by atoms with Crippen LogP contribution in [0.5, 0.6) is 0 Å². The summed E-state index contributed by atoms with van der Waals surface area (Å²) >= 11 is 0. The van der Waals surface area contributed by atoms with Crippen molar-refractivity contribution < 1.29 is 26.2 Å². The summed E-state index contributed by atoms with van der Waals surface area (Å²) in [5.74, 6) is 0. The van der Waals surface area contributed by atoms with Crippen LogP contribution in [-0.2, 0) is 26.2 Å². The van der Waals surface area contributed by atoms with Crippen LogP contribution in [0.1, 0.15) is 11.1 Å². The van der Waals surface area contributed by atoms with E-state index in [1.807, 2.05) is 6.07 Å². The molecule has 0 aromatic heterocycles. The molecule has 7 aromatic rings. The molecule has 212 valence electrons. The Morgan fingerprint density at radius 2 is 0.837 bits per heavy atom. The summed E-state index contributed by atoms with van der Waals surface area (Å²) in [4.78, 5) is 0. The molecular weight excluding hydrogens is 612 g/mol. The normalized spacial score (nSPS) is 9.74. The van der Waals surface area contributed by atoms with Crippen LogP contribution in [-0.4, -0.2) is 9.52 Å². The molecule has 0 saturated carbocycles. The van der Waals surface area contributed by atoms with Crippen molar-refractivity contribution in [1.82, 2.24) is 0 Å². The van der Waals surface area contributed by atoms with Crippen molar-refractivity contribution >= 4 is 36.3 Å². The second kappa shape index (κ2) is 17.5. The zero-order valence-electron chi connectivity index (χ0n) is 25.9. The first-order valence-corrected chi connectivity index (χ1v) is 15.3. The summed E-state index contributed by atoms with van der Waals surface area (Å²) in [5.41, 5.74) is 7.89. The molecule has 0 nitrogen and oxygen atoms in total. The van der Waals surface area contributed by atoms with Gasteiger partial charge in [0, 0.05) is 0 Å². The fraction of sp³-hybridized carbons (Fsp3) is 0.0732. The van der Waals surface area contributed by atoms with Crippen LogP contribution in [0.3, 0.4) is 0 Å². The van der Waals surface area contributed by atoms with E-state index in [-0.39, 0.29) is 41.1 Å². The average molecular weight is 652 g/mol. The summed E-state index contributed by atoms with van der Waals surface area (Å²) in [5, 5.41) is 6.81. The monoisotopic (exact) mass is 650 g/mol. The Bertz CT molecular complexity index is 1660. The summed E-state index contributed by atoms with van der Waals surface area (Å²) in [6.45, 7) is 6.49. The summed E-state index contributed by atoms with van der Waals surface area (Å²) in [6, 6.07) is 53.6.